The van der Waals surface area contributed by atoms with Crippen LogP contribution in [0.1, 0.15) is 11.1 Å². The van der Waals surface area contributed by atoms with Gasteiger partial charge < -0.3 is 15.0 Å². The Hall–Kier alpha value is -1.55. The molecule has 2 aliphatic heterocycles. The van der Waals surface area contributed by atoms with Crippen LogP contribution in [0, 0.1) is 0 Å². The molecule has 2 aliphatic rings. The quantitative estimate of drug-likeness (QED) is 0.848. The summed E-state index contributed by atoms with van der Waals surface area (Å²) in [4.78, 5) is 14.1. The Morgan fingerprint density at radius 3 is 3.00 bits per heavy atom. The molecule has 2 heterocycles. The fourth-order valence-electron chi connectivity index (χ4n) is 2.65. The number of carbonyl (C=O) groups excluding carboxylic acids is 1. The van der Waals surface area contributed by atoms with Crippen LogP contribution in [0.4, 0.5) is 5.69 Å². The molecule has 1 aromatic carbocycles. The van der Waals surface area contributed by atoms with E-state index in [0.29, 0.717) is 19.6 Å². The van der Waals surface area contributed by atoms with Gasteiger partial charge in [-0.05, 0) is 17.5 Å². The zero-order valence-electron chi connectivity index (χ0n) is 10.4. The van der Waals surface area contributed by atoms with Gasteiger partial charge in [-0.3, -0.25) is 4.79 Å². The fourth-order valence-corrected chi connectivity index (χ4v) is 2.65. The minimum atomic E-state index is 0.209. The number of carbonyl (C=O) groups is 1. The smallest absolute Gasteiger partial charge is 0.227 e. The molecule has 1 N–H and O–H groups in total. The SMILES string of the molecule is O=C(Cc1cccc2c1NCC2)N1CCOCC1. The minimum absolute atomic E-state index is 0.209. The van der Waals surface area contributed by atoms with Crippen LogP contribution in [0.15, 0.2) is 18.2 Å². The van der Waals surface area contributed by atoms with E-state index < -0.39 is 0 Å². The number of benzene rings is 1. The number of fused-ring (bicyclic) bond motifs is 1. The average Bonchev–Trinajstić information content (AvgIpc) is 2.89. The number of morpholine rings is 1. The normalized spacial score (nSPS) is 18.3. The van der Waals surface area contributed by atoms with E-state index in [4.69, 9.17) is 4.74 Å². The molecule has 0 unspecified atom stereocenters. The van der Waals surface area contributed by atoms with Crippen LogP contribution >= 0.6 is 0 Å². The predicted molar refractivity (Wildman–Crippen MR) is 69.7 cm³/mol. The maximum Gasteiger partial charge on any atom is 0.227 e. The minimum Gasteiger partial charge on any atom is -0.384 e. The van der Waals surface area contributed by atoms with Crippen molar-refractivity contribution in [2.45, 2.75) is 12.8 Å². The molecule has 0 atom stereocenters. The van der Waals surface area contributed by atoms with Crippen molar-refractivity contribution in [3.63, 3.8) is 0 Å². The van der Waals surface area contributed by atoms with E-state index >= 15 is 0 Å². The molecular formula is C14H18N2O2. The molecule has 4 nitrogen and oxygen atoms in total. The molecule has 0 aromatic heterocycles. The van der Waals surface area contributed by atoms with Crippen molar-refractivity contribution < 1.29 is 9.53 Å². The largest absolute Gasteiger partial charge is 0.384 e. The van der Waals surface area contributed by atoms with E-state index in [-0.39, 0.29) is 5.91 Å². The lowest BCUT2D eigenvalue weighted by molar-refractivity contribution is -0.134. The summed E-state index contributed by atoms with van der Waals surface area (Å²) < 4.78 is 5.27. The van der Waals surface area contributed by atoms with Gasteiger partial charge in [0.1, 0.15) is 0 Å². The number of hydrogen-bond acceptors (Lipinski definition) is 3. The number of amides is 1. The number of nitrogens with zero attached hydrogens (tertiary/aromatic N) is 1. The first-order valence-corrected chi connectivity index (χ1v) is 6.55. The highest BCUT2D eigenvalue weighted by Crippen LogP contribution is 2.27. The molecule has 4 heteroatoms. The third kappa shape index (κ3) is 2.20. The van der Waals surface area contributed by atoms with Gasteiger partial charge in [0.05, 0.1) is 19.6 Å². The van der Waals surface area contributed by atoms with Gasteiger partial charge >= 0.3 is 0 Å². The van der Waals surface area contributed by atoms with E-state index in [1.807, 2.05) is 11.0 Å². The number of ether oxygens (including phenoxy) is 1. The van der Waals surface area contributed by atoms with Crippen molar-refractivity contribution in [1.29, 1.82) is 0 Å². The molecule has 0 spiro atoms. The molecule has 1 fully saturated rings. The van der Waals surface area contributed by atoms with E-state index in [0.717, 1.165) is 31.6 Å². The zero-order valence-corrected chi connectivity index (χ0v) is 10.4. The highest BCUT2D eigenvalue weighted by atomic mass is 16.5. The molecule has 96 valence electrons. The Kier molecular flexibility index (Phi) is 3.19. The van der Waals surface area contributed by atoms with Gasteiger partial charge in [-0.1, -0.05) is 18.2 Å². The molecule has 1 aromatic rings. The summed E-state index contributed by atoms with van der Waals surface area (Å²) in [5, 5.41) is 3.38. The Balaban J connectivity index is 1.72. The summed E-state index contributed by atoms with van der Waals surface area (Å²) in [5.41, 5.74) is 3.64. The highest BCUT2D eigenvalue weighted by Gasteiger charge is 2.20. The van der Waals surface area contributed by atoms with Crippen molar-refractivity contribution in [3.8, 4) is 0 Å². The van der Waals surface area contributed by atoms with Crippen LogP contribution in [0.2, 0.25) is 0 Å². The Labute approximate surface area is 107 Å². The van der Waals surface area contributed by atoms with Gasteiger partial charge in [-0.25, -0.2) is 0 Å². The molecule has 0 aliphatic carbocycles. The van der Waals surface area contributed by atoms with Gasteiger partial charge in [-0.2, -0.15) is 0 Å². The first-order valence-electron chi connectivity index (χ1n) is 6.55. The lowest BCUT2D eigenvalue weighted by Crippen LogP contribution is -2.41. The van der Waals surface area contributed by atoms with Gasteiger partial charge in [0.15, 0.2) is 0 Å². The number of rotatable bonds is 2. The molecule has 18 heavy (non-hydrogen) atoms. The topological polar surface area (TPSA) is 41.6 Å². The molecule has 0 bridgehead atoms. The van der Waals surface area contributed by atoms with E-state index in [9.17, 15) is 4.79 Å². The van der Waals surface area contributed by atoms with E-state index in [1.54, 1.807) is 0 Å². The Bertz CT molecular complexity index is 453. The molecule has 1 saturated heterocycles. The lowest BCUT2D eigenvalue weighted by atomic mass is 10.0. The van der Waals surface area contributed by atoms with Crippen LogP contribution in [0.25, 0.3) is 0 Å². The molecule has 0 saturated carbocycles. The van der Waals surface area contributed by atoms with Crippen molar-refractivity contribution >= 4 is 11.6 Å². The highest BCUT2D eigenvalue weighted by molar-refractivity contribution is 5.81. The van der Waals surface area contributed by atoms with E-state index in [2.05, 4.69) is 17.4 Å². The standard InChI is InChI=1S/C14H18N2O2/c17-13(16-6-8-18-9-7-16)10-12-3-1-2-11-4-5-15-14(11)12/h1-3,15H,4-10H2. The van der Waals surface area contributed by atoms with Crippen molar-refractivity contribution in [3.05, 3.63) is 29.3 Å². The van der Waals surface area contributed by atoms with Crippen molar-refractivity contribution in [2.24, 2.45) is 0 Å². The van der Waals surface area contributed by atoms with Crippen LogP contribution in [-0.4, -0.2) is 43.7 Å². The second-order valence-electron chi connectivity index (χ2n) is 4.80. The average molecular weight is 246 g/mol. The van der Waals surface area contributed by atoms with Gasteiger partial charge in [-0.15, -0.1) is 0 Å². The maximum atomic E-state index is 12.2. The molecular weight excluding hydrogens is 228 g/mol. The third-order valence-electron chi connectivity index (χ3n) is 3.64. The number of nitrogens with one attached hydrogen (secondary N) is 1. The number of hydrogen-bond donors (Lipinski definition) is 1. The Morgan fingerprint density at radius 1 is 1.33 bits per heavy atom. The first-order chi connectivity index (χ1) is 8.84. The summed E-state index contributed by atoms with van der Waals surface area (Å²) in [6.07, 6.45) is 1.56. The lowest BCUT2D eigenvalue weighted by Gasteiger charge is -2.27. The second kappa shape index (κ2) is 4.98. The number of para-hydroxylation sites is 1. The molecule has 3 rings (SSSR count). The van der Waals surface area contributed by atoms with Gasteiger partial charge in [0.25, 0.3) is 0 Å². The molecule has 0 radical (unpaired) electrons. The summed E-state index contributed by atoms with van der Waals surface area (Å²) in [6.45, 7) is 3.76. The summed E-state index contributed by atoms with van der Waals surface area (Å²) in [7, 11) is 0. The van der Waals surface area contributed by atoms with E-state index in [1.165, 1.54) is 11.3 Å². The third-order valence-corrected chi connectivity index (χ3v) is 3.64. The molecule has 1 amide bonds. The summed E-state index contributed by atoms with van der Waals surface area (Å²) >= 11 is 0. The monoisotopic (exact) mass is 246 g/mol. The number of anilines is 1. The van der Waals surface area contributed by atoms with Gasteiger partial charge in [0.2, 0.25) is 5.91 Å². The maximum absolute atomic E-state index is 12.2. The Morgan fingerprint density at radius 2 is 2.17 bits per heavy atom. The predicted octanol–water partition coefficient (Wildman–Crippen LogP) is 1.06. The van der Waals surface area contributed by atoms with Crippen LogP contribution < -0.4 is 5.32 Å². The van der Waals surface area contributed by atoms with Crippen LogP contribution in [0.5, 0.6) is 0 Å². The fraction of sp³-hybridized carbons (Fsp3) is 0.500. The van der Waals surface area contributed by atoms with Crippen molar-refractivity contribution in [2.75, 3.05) is 38.2 Å². The zero-order chi connectivity index (χ0) is 12.4. The van der Waals surface area contributed by atoms with Crippen LogP contribution in [-0.2, 0) is 22.4 Å². The summed E-state index contributed by atoms with van der Waals surface area (Å²) in [5.74, 6) is 0.209. The van der Waals surface area contributed by atoms with Gasteiger partial charge in [0, 0.05) is 25.3 Å². The second-order valence-corrected chi connectivity index (χ2v) is 4.80. The van der Waals surface area contributed by atoms with Crippen molar-refractivity contribution in [1.82, 2.24) is 4.90 Å². The first kappa shape index (κ1) is 11.5. The summed E-state index contributed by atoms with van der Waals surface area (Å²) in [6, 6.07) is 6.24. The van der Waals surface area contributed by atoms with Crippen LogP contribution in [0.3, 0.4) is 0 Å².